The summed E-state index contributed by atoms with van der Waals surface area (Å²) in [6.07, 6.45) is 7.28. The highest BCUT2D eigenvalue weighted by molar-refractivity contribution is 8.13. The molecule has 0 amide bonds. The third-order valence-electron chi connectivity index (χ3n) is 6.28. The van der Waals surface area contributed by atoms with Crippen molar-refractivity contribution in [3.8, 4) is 11.5 Å². The maximum Gasteiger partial charge on any atom is 0.328 e. The second-order valence-corrected chi connectivity index (χ2v) is 9.89. The Kier molecular flexibility index (Phi) is 14.7. The topological polar surface area (TPSA) is 112 Å². The number of ether oxygens (including phenoxy) is 2. The van der Waals surface area contributed by atoms with Crippen LogP contribution < -0.4 is 9.47 Å². The van der Waals surface area contributed by atoms with Gasteiger partial charge in [0.1, 0.15) is 11.5 Å². The van der Waals surface area contributed by atoms with E-state index in [2.05, 4.69) is 23.1 Å². The number of rotatable bonds is 11. The number of carbonyl (C=O) groups is 2. The maximum absolute atomic E-state index is 13.2. The number of benzene rings is 2. The summed E-state index contributed by atoms with van der Waals surface area (Å²) in [6, 6.07) is 11.9. The van der Waals surface area contributed by atoms with Crippen LogP contribution in [0.1, 0.15) is 25.7 Å². The molecule has 224 valence electrons. The summed E-state index contributed by atoms with van der Waals surface area (Å²) in [5, 5.41) is 16.6. The average Bonchev–Trinajstić information content (AvgIpc) is 2.97. The largest absolute Gasteiger partial charge is 0.497 e. The molecular weight excluding hydrogens is 556 g/mol. The monoisotopic (exact) mass is 593 g/mol. The first kappa shape index (κ1) is 33.6. The zero-order valence-electron chi connectivity index (χ0n) is 23.5. The molecule has 2 aromatic carbocycles. The maximum atomic E-state index is 13.2. The van der Waals surface area contributed by atoms with E-state index in [9.17, 15) is 18.4 Å². The summed E-state index contributed by atoms with van der Waals surface area (Å²) < 4.78 is 36.9. The van der Waals surface area contributed by atoms with Gasteiger partial charge in [-0.05, 0) is 74.9 Å². The molecule has 0 unspecified atom stereocenters. The van der Waals surface area contributed by atoms with E-state index >= 15 is 0 Å². The lowest BCUT2D eigenvalue weighted by Gasteiger charge is -2.37. The normalized spacial score (nSPS) is 14.3. The minimum atomic E-state index is -1.26. The van der Waals surface area contributed by atoms with Crippen molar-refractivity contribution in [1.82, 2.24) is 9.80 Å². The van der Waals surface area contributed by atoms with Gasteiger partial charge in [-0.1, -0.05) is 11.8 Å². The van der Waals surface area contributed by atoms with Crippen LogP contribution in [0.3, 0.4) is 0 Å². The number of likely N-dealkylation sites (tertiary alicyclic amines) is 1. The number of carboxylic acids is 2. The second-order valence-electron chi connectivity index (χ2n) is 9.12. The number of carboxylic acid groups (broad SMARTS) is 2. The molecule has 9 nitrogen and oxygen atoms in total. The number of piperidine rings is 1. The van der Waals surface area contributed by atoms with Crippen LogP contribution in [0.2, 0.25) is 0 Å². The van der Waals surface area contributed by atoms with Crippen molar-refractivity contribution in [3.63, 3.8) is 0 Å². The van der Waals surface area contributed by atoms with Crippen LogP contribution in [0, 0.1) is 11.6 Å². The molecule has 41 heavy (non-hydrogen) atoms. The Hall–Kier alpha value is -3.64. The van der Waals surface area contributed by atoms with E-state index in [0.717, 1.165) is 74.1 Å². The molecular formula is C29H37F2N3O6S. The van der Waals surface area contributed by atoms with Crippen molar-refractivity contribution in [2.24, 2.45) is 4.99 Å². The van der Waals surface area contributed by atoms with Crippen molar-refractivity contribution in [2.45, 2.75) is 31.7 Å². The average molecular weight is 594 g/mol. The van der Waals surface area contributed by atoms with Gasteiger partial charge in [0.05, 0.1) is 19.4 Å². The zero-order valence-corrected chi connectivity index (χ0v) is 24.3. The van der Waals surface area contributed by atoms with Crippen molar-refractivity contribution in [3.05, 3.63) is 66.3 Å². The van der Waals surface area contributed by atoms with Gasteiger partial charge >= 0.3 is 11.9 Å². The molecule has 0 aromatic heterocycles. The lowest BCUT2D eigenvalue weighted by Crippen LogP contribution is -2.45. The van der Waals surface area contributed by atoms with Gasteiger partial charge < -0.3 is 29.5 Å². The Morgan fingerprint density at radius 3 is 2.17 bits per heavy atom. The number of unbranched alkanes of at least 4 members (excludes halogenated alkanes) is 1. The molecule has 0 bridgehead atoms. The molecule has 1 fully saturated rings. The van der Waals surface area contributed by atoms with Gasteiger partial charge in [-0.25, -0.2) is 23.4 Å². The highest BCUT2D eigenvalue weighted by atomic mass is 32.2. The van der Waals surface area contributed by atoms with Gasteiger partial charge in [-0.2, -0.15) is 0 Å². The second kappa shape index (κ2) is 17.9. The molecule has 0 spiro atoms. The van der Waals surface area contributed by atoms with Crippen LogP contribution in [-0.4, -0.2) is 89.8 Å². The number of aliphatic imine (C=N–C) groups is 1. The summed E-state index contributed by atoms with van der Waals surface area (Å²) in [4.78, 5) is 28.7. The highest BCUT2D eigenvalue weighted by Crippen LogP contribution is 2.23. The lowest BCUT2D eigenvalue weighted by molar-refractivity contribution is -0.134. The van der Waals surface area contributed by atoms with E-state index in [1.54, 1.807) is 18.9 Å². The molecule has 12 heteroatoms. The summed E-state index contributed by atoms with van der Waals surface area (Å²) in [5.74, 6) is -3.04. The number of amidine groups is 1. The highest BCUT2D eigenvalue weighted by Gasteiger charge is 2.24. The molecule has 1 saturated heterocycles. The number of nitrogens with zero attached hydrogens (tertiary/aromatic N) is 3. The Morgan fingerprint density at radius 2 is 1.63 bits per heavy atom. The smallest absolute Gasteiger partial charge is 0.328 e. The van der Waals surface area contributed by atoms with Crippen molar-refractivity contribution in [2.75, 3.05) is 46.7 Å². The SMILES string of the molecule is COc1ccc(N=C(SC)N(C)C2CCN(CCCCOc3ccc(F)c(F)c3)CC2)cc1.O=C(O)C=CC(=O)O. The van der Waals surface area contributed by atoms with Gasteiger partial charge in [0.15, 0.2) is 16.8 Å². The van der Waals surface area contributed by atoms with Crippen LogP contribution in [0.4, 0.5) is 14.5 Å². The van der Waals surface area contributed by atoms with Crippen LogP contribution in [-0.2, 0) is 9.59 Å². The van der Waals surface area contributed by atoms with Gasteiger partial charge in [0, 0.05) is 44.4 Å². The summed E-state index contributed by atoms with van der Waals surface area (Å²) in [5.41, 5.74) is 0.926. The summed E-state index contributed by atoms with van der Waals surface area (Å²) >= 11 is 1.67. The fourth-order valence-electron chi connectivity index (χ4n) is 4.06. The van der Waals surface area contributed by atoms with E-state index in [1.807, 2.05) is 24.3 Å². The molecule has 1 aliphatic heterocycles. The molecule has 1 heterocycles. The summed E-state index contributed by atoms with van der Waals surface area (Å²) in [6.45, 7) is 3.64. The molecule has 2 aromatic rings. The number of hydrogen-bond acceptors (Lipinski definition) is 7. The zero-order chi connectivity index (χ0) is 30.2. The lowest BCUT2D eigenvalue weighted by atomic mass is 10.0. The molecule has 2 N–H and O–H groups in total. The van der Waals surface area contributed by atoms with Gasteiger partial charge in [-0.3, -0.25) is 0 Å². The van der Waals surface area contributed by atoms with Crippen LogP contribution >= 0.6 is 11.8 Å². The Balaban J connectivity index is 0.000000642. The first-order chi connectivity index (χ1) is 19.6. The first-order valence-electron chi connectivity index (χ1n) is 13.1. The summed E-state index contributed by atoms with van der Waals surface area (Å²) in [7, 11) is 3.80. The Labute approximate surface area is 243 Å². The molecule has 3 rings (SSSR count). The molecule has 0 atom stereocenters. The quantitative estimate of drug-likeness (QED) is 0.155. The van der Waals surface area contributed by atoms with E-state index < -0.39 is 23.6 Å². The van der Waals surface area contributed by atoms with Crippen LogP contribution in [0.25, 0.3) is 0 Å². The molecule has 0 aliphatic carbocycles. The number of thioether (sulfide) groups is 1. The van der Waals surface area contributed by atoms with Crippen molar-refractivity contribution in [1.29, 1.82) is 0 Å². The molecule has 0 saturated carbocycles. The van der Waals surface area contributed by atoms with E-state index in [1.165, 1.54) is 6.07 Å². The Bertz CT molecular complexity index is 1160. The minimum absolute atomic E-state index is 0.374. The van der Waals surface area contributed by atoms with E-state index in [0.29, 0.717) is 30.6 Å². The number of hydrogen-bond donors (Lipinski definition) is 2. The number of methoxy groups -OCH3 is 1. The molecule has 1 aliphatic rings. The fourth-order valence-corrected chi connectivity index (χ4v) is 4.69. The van der Waals surface area contributed by atoms with E-state index in [4.69, 9.17) is 24.7 Å². The third kappa shape index (κ3) is 12.6. The van der Waals surface area contributed by atoms with Crippen LogP contribution in [0.5, 0.6) is 11.5 Å². The standard InChI is InChI=1S/C25H33F2N3O2S.C4H4O4/c1-29(25(33-3)28-19-6-8-21(31-2)9-7-19)20-12-15-30(16-13-20)14-4-5-17-32-22-10-11-23(26)24(27)18-22;5-3(6)1-2-4(7)8/h6-11,18,20H,4-5,12-17H2,1-3H3;1-2H,(H,5,6)(H,7,8). The van der Waals surface area contributed by atoms with Gasteiger partial charge in [-0.15, -0.1) is 0 Å². The van der Waals surface area contributed by atoms with Crippen LogP contribution in [0.15, 0.2) is 59.6 Å². The number of aliphatic carboxylic acids is 2. The third-order valence-corrected chi connectivity index (χ3v) is 7.03. The number of halogens is 2. The van der Waals surface area contributed by atoms with E-state index in [-0.39, 0.29) is 0 Å². The van der Waals surface area contributed by atoms with Crippen molar-refractivity contribution >= 4 is 34.6 Å². The fraction of sp³-hybridized carbons (Fsp3) is 0.414. The predicted octanol–water partition coefficient (Wildman–Crippen LogP) is 5.29. The first-order valence-corrected chi connectivity index (χ1v) is 14.3. The van der Waals surface area contributed by atoms with Gasteiger partial charge in [0.2, 0.25) is 0 Å². The molecule has 0 radical (unpaired) electrons. The predicted molar refractivity (Wildman–Crippen MR) is 156 cm³/mol. The van der Waals surface area contributed by atoms with Crippen molar-refractivity contribution < 1.29 is 38.1 Å². The minimum Gasteiger partial charge on any atom is -0.497 e. The van der Waals surface area contributed by atoms with Gasteiger partial charge in [0.25, 0.3) is 0 Å². The Morgan fingerprint density at radius 1 is 1.02 bits per heavy atom.